The minimum Gasteiger partial charge on any atom is -0.373 e. The average molecular weight is 473 g/mol. The highest BCUT2D eigenvalue weighted by Crippen LogP contribution is 2.39. The van der Waals surface area contributed by atoms with Gasteiger partial charge < -0.3 is 20.1 Å². The van der Waals surface area contributed by atoms with Crippen molar-refractivity contribution in [2.24, 2.45) is 0 Å². The second-order valence-electron chi connectivity index (χ2n) is 7.43. The van der Waals surface area contributed by atoms with E-state index in [1.54, 1.807) is 37.6 Å². The molecule has 0 saturated heterocycles. The molecule has 6 nitrogen and oxygen atoms in total. The van der Waals surface area contributed by atoms with Gasteiger partial charge in [-0.15, -0.1) is 11.3 Å². The molecule has 0 bridgehead atoms. The van der Waals surface area contributed by atoms with Crippen LogP contribution < -0.4 is 15.5 Å². The molecule has 172 valence electrons. The molecule has 2 aromatic heterocycles. The Balaban J connectivity index is 1.54. The first-order valence-corrected chi connectivity index (χ1v) is 11.1. The zero-order valence-corrected chi connectivity index (χ0v) is 18.9. The summed E-state index contributed by atoms with van der Waals surface area (Å²) in [5.41, 5.74) is 2.28. The van der Waals surface area contributed by atoms with Crippen LogP contribution in [0.4, 0.5) is 29.7 Å². The zero-order chi connectivity index (χ0) is 23.4. The molecule has 0 fully saturated rings. The van der Waals surface area contributed by atoms with E-state index in [9.17, 15) is 13.2 Å². The Morgan fingerprint density at radius 3 is 2.58 bits per heavy atom. The van der Waals surface area contributed by atoms with Gasteiger partial charge in [0.15, 0.2) is 5.13 Å². The number of nitrogens with zero attached hydrogens (tertiary/aromatic N) is 4. The van der Waals surface area contributed by atoms with Gasteiger partial charge in [0.2, 0.25) is 0 Å². The average Bonchev–Trinajstić information content (AvgIpc) is 3.50. The summed E-state index contributed by atoms with van der Waals surface area (Å²) in [5.74, 6) is 0. The first kappa shape index (κ1) is 22.8. The summed E-state index contributed by atoms with van der Waals surface area (Å²) >= 11 is 1.26. The summed E-state index contributed by atoms with van der Waals surface area (Å²) in [6, 6.07) is 12.0. The summed E-state index contributed by atoms with van der Waals surface area (Å²) in [4.78, 5) is 10.3. The molecule has 0 aliphatic heterocycles. The van der Waals surface area contributed by atoms with Crippen LogP contribution in [-0.2, 0) is 6.18 Å². The zero-order valence-electron chi connectivity index (χ0n) is 18.1. The number of nitrogens with one attached hydrogen (secondary N) is 2. The SMILES string of the molecule is CNCCN(C)c1ccc(Nc2nc(-c3ccc(-n4ccnc4)cc3)cs2)c(C(F)(F)F)c1. The predicted octanol–water partition coefficient (Wildman–Crippen LogP) is 5.41. The van der Waals surface area contributed by atoms with Crippen molar-refractivity contribution in [1.82, 2.24) is 19.9 Å². The molecular weight excluding hydrogens is 449 g/mol. The number of hydrogen-bond donors (Lipinski definition) is 2. The summed E-state index contributed by atoms with van der Waals surface area (Å²) in [5, 5.41) is 8.07. The molecule has 0 atom stereocenters. The molecule has 4 aromatic rings. The van der Waals surface area contributed by atoms with E-state index in [1.807, 2.05) is 40.4 Å². The molecule has 4 rings (SSSR count). The second kappa shape index (κ2) is 9.63. The van der Waals surface area contributed by atoms with Gasteiger partial charge in [0.1, 0.15) is 0 Å². The van der Waals surface area contributed by atoms with Gasteiger partial charge >= 0.3 is 6.18 Å². The molecule has 0 radical (unpaired) electrons. The highest BCUT2D eigenvalue weighted by atomic mass is 32.1. The lowest BCUT2D eigenvalue weighted by molar-refractivity contribution is -0.136. The van der Waals surface area contributed by atoms with Crippen molar-refractivity contribution in [2.45, 2.75) is 6.18 Å². The van der Waals surface area contributed by atoms with Gasteiger partial charge in [-0.05, 0) is 37.4 Å². The molecule has 0 spiro atoms. The molecule has 10 heteroatoms. The fraction of sp³-hybridized carbons (Fsp3) is 0.217. The largest absolute Gasteiger partial charge is 0.418 e. The normalized spacial score (nSPS) is 11.5. The lowest BCUT2D eigenvalue weighted by Crippen LogP contribution is -2.27. The van der Waals surface area contributed by atoms with Crippen molar-refractivity contribution in [2.75, 3.05) is 37.4 Å². The van der Waals surface area contributed by atoms with Crippen molar-refractivity contribution in [1.29, 1.82) is 0 Å². The highest BCUT2D eigenvalue weighted by molar-refractivity contribution is 7.14. The predicted molar refractivity (Wildman–Crippen MR) is 127 cm³/mol. The Morgan fingerprint density at radius 2 is 1.91 bits per heavy atom. The number of halogens is 3. The van der Waals surface area contributed by atoms with Gasteiger partial charge in [0, 0.05) is 54.8 Å². The lowest BCUT2D eigenvalue weighted by Gasteiger charge is -2.22. The van der Waals surface area contributed by atoms with Crippen LogP contribution in [0, 0.1) is 0 Å². The van der Waals surface area contributed by atoms with E-state index >= 15 is 0 Å². The van der Waals surface area contributed by atoms with Crippen molar-refractivity contribution in [3.63, 3.8) is 0 Å². The van der Waals surface area contributed by atoms with Crippen LogP contribution in [0.1, 0.15) is 5.56 Å². The Morgan fingerprint density at radius 1 is 1.12 bits per heavy atom. The van der Waals surface area contributed by atoms with E-state index in [1.165, 1.54) is 23.5 Å². The molecule has 33 heavy (non-hydrogen) atoms. The van der Waals surface area contributed by atoms with E-state index in [-0.39, 0.29) is 5.69 Å². The molecule has 0 aliphatic rings. The first-order chi connectivity index (χ1) is 15.8. The number of hydrogen-bond acceptors (Lipinski definition) is 6. The maximum atomic E-state index is 13.8. The monoisotopic (exact) mass is 472 g/mol. The number of likely N-dealkylation sites (N-methyl/N-ethyl adjacent to an activating group) is 2. The number of imidazole rings is 1. The summed E-state index contributed by atoms with van der Waals surface area (Å²) in [6.45, 7) is 1.26. The number of aromatic nitrogens is 3. The smallest absolute Gasteiger partial charge is 0.373 e. The maximum Gasteiger partial charge on any atom is 0.418 e. The molecule has 2 aromatic carbocycles. The molecule has 0 unspecified atom stereocenters. The van der Waals surface area contributed by atoms with Gasteiger partial charge in [-0.2, -0.15) is 13.2 Å². The Kier molecular flexibility index (Phi) is 6.66. The second-order valence-corrected chi connectivity index (χ2v) is 8.29. The van der Waals surface area contributed by atoms with Crippen LogP contribution >= 0.6 is 11.3 Å². The summed E-state index contributed by atoms with van der Waals surface area (Å²) in [7, 11) is 3.57. The van der Waals surface area contributed by atoms with Crippen molar-refractivity contribution < 1.29 is 13.2 Å². The maximum absolute atomic E-state index is 13.8. The third-order valence-corrected chi connectivity index (χ3v) is 5.92. The molecular formula is C23H23F3N6S. The number of anilines is 3. The number of rotatable bonds is 8. The van der Waals surface area contributed by atoms with Crippen LogP contribution in [-0.4, -0.2) is 41.7 Å². The number of thiazole rings is 1. The van der Waals surface area contributed by atoms with Crippen molar-refractivity contribution in [3.05, 3.63) is 72.1 Å². The Bertz CT molecular complexity index is 1190. The fourth-order valence-electron chi connectivity index (χ4n) is 3.32. The summed E-state index contributed by atoms with van der Waals surface area (Å²) in [6.07, 6.45) is 0.767. The van der Waals surface area contributed by atoms with Gasteiger partial charge in [-0.3, -0.25) is 0 Å². The van der Waals surface area contributed by atoms with E-state index < -0.39 is 11.7 Å². The van der Waals surface area contributed by atoms with Gasteiger partial charge in [-0.25, -0.2) is 9.97 Å². The molecule has 2 N–H and O–H groups in total. The third-order valence-electron chi connectivity index (χ3n) is 5.16. The van der Waals surface area contributed by atoms with Crippen LogP contribution in [0.25, 0.3) is 16.9 Å². The molecule has 0 amide bonds. The van der Waals surface area contributed by atoms with Crippen LogP contribution in [0.15, 0.2) is 66.6 Å². The minimum absolute atomic E-state index is 0.0235. The summed E-state index contributed by atoms with van der Waals surface area (Å²) < 4.78 is 43.2. The van der Waals surface area contributed by atoms with E-state index in [4.69, 9.17) is 0 Å². The Labute approximate surface area is 193 Å². The Hall–Kier alpha value is -3.37. The fourth-order valence-corrected chi connectivity index (χ4v) is 4.05. The first-order valence-electron chi connectivity index (χ1n) is 10.2. The van der Waals surface area contributed by atoms with Gasteiger partial charge in [0.05, 0.1) is 23.3 Å². The van der Waals surface area contributed by atoms with E-state index in [0.717, 1.165) is 11.3 Å². The topological polar surface area (TPSA) is 58.0 Å². The van der Waals surface area contributed by atoms with Gasteiger partial charge in [-0.1, -0.05) is 12.1 Å². The molecule has 2 heterocycles. The molecule has 0 saturated carbocycles. The van der Waals surface area contributed by atoms with Gasteiger partial charge in [0.25, 0.3) is 0 Å². The van der Waals surface area contributed by atoms with E-state index in [2.05, 4.69) is 20.6 Å². The molecule has 0 aliphatic carbocycles. The number of benzene rings is 2. The highest BCUT2D eigenvalue weighted by Gasteiger charge is 2.34. The van der Waals surface area contributed by atoms with E-state index in [0.29, 0.717) is 29.6 Å². The van der Waals surface area contributed by atoms with Crippen molar-refractivity contribution >= 4 is 27.8 Å². The lowest BCUT2D eigenvalue weighted by atomic mass is 10.1. The van der Waals surface area contributed by atoms with Crippen LogP contribution in [0.3, 0.4) is 0 Å². The number of alkyl halides is 3. The van der Waals surface area contributed by atoms with Crippen LogP contribution in [0.2, 0.25) is 0 Å². The van der Waals surface area contributed by atoms with Crippen LogP contribution in [0.5, 0.6) is 0 Å². The quantitative estimate of drug-likeness (QED) is 0.359. The van der Waals surface area contributed by atoms with Crippen molar-refractivity contribution in [3.8, 4) is 16.9 Å². The third kappa shape index (κ3) is 5.35. The minimum atomic E-state index is -4.49. The standard InChI is InChI=1S/C23H23F3N6S/c1-27-9-11-31(2)18-7-8-20(19(13-18)23(24,25)26)29-22-30-21(14-33-22)16-3-5-17(6-4-16)32-12-10-28-15-32/h3-8,10,12-15,27H,9,11H2,1-2H3,(H,29,30).